The molecular formula is C23H25N3O3S2. The fourth-order valence-electron chi connectivity index (χ4n) is 3.02. The molecule has 31 heavy (non-hydrogen) atoms. The first kappa shape index (κ1) is 23.0. The Labute approximate surface area is 187 Å². The summed E-state index contributed by atoms with van der Waals surface area (Å²) in [6.45, 7) is 2.14. The third kappa shape index (κ3) is 6.41. The number of para-hydroxylation sites is 1. The van der Waals surface area contributed by atoms with Crippen LogP contribution in [0.4, 0.5) is 5.69 Å². The highest BCUT2D eigenvalue weighted by molar-refractivity contribution is 7.99. The first-order valence-corrected chi connectivity index (χ1v) is 12.0. The fraction of sp³-hybridized carbons (Fsp3) is 0.174. The molecular weight excluding hydrogens is 430 g/mol. The van der Waals surface area contributed by atoms with Crippen molar-refractivity contribution in [2.75, 3.05) is 18.9 Å². The average molecular weight is 456 g/mol. The molecule has 0 saturated heterocycles. The maximum Gasteiger partial charge on any atom is 0.238 e. The van der Waals surface area contributed by atoms with Gasteiger partial charge in [0.05, 0.1) is 17.1 Å². The van der Waals surface area contributed by atoms with E-state index in [1.807, 2.05) is 73.5 Å². The standard InChI is InChI=1S/C23H25N3O3S2/c1-17(18-12-14-20(15-13-18)31(24,28)29)26(2)16-23(27)25-21-10-6-7-11-22(21)30-19-8-4-3-5-9-19/h3-15,17H,16H2,1-2H3,(H,25,27)(H2,24,28,29)/t17-/m1/s1. The smallest absolute Gasteiger partial charge is 0.238 e. The Kier molecular flexibility index (Phi) is 7.50. The summed E-state index contributed by atoms with van der Waals surface area (Å²) in [6.07, 6.45) is 0. The monoisotopic (exact) mass is 455 g/mol. The second kappa shape index (κ2) is 10.1. The number of amides is 1. The van der Waals surface area contributed by atoms with Crippen molar-refractivity contribution in [1.82, 2.24) is 4.90 Å². The lowest BCUT2D eigenvalue weighted by molar-refractivity contribution is -0.117. The molecule has 0 bridgehead atoms. The number of hydrogen-bond acceptors (Lipinski definition) is 5. The van der Waals surface area contributed by atoms with Gasteiger partial charge in [-0.15, -0.1) is 0 Å². The normalized spacial score (nSPS) is 12.5. The Bertz CT molecular complexity index is 1130. The van der Waals surface area contributed by atoms with Gasteiger partial charge in [0.1, 0.15) is 0 Å². The van der Waals surface area contributed by atoms with Crippen LogP contribution >= 0.6 is 11.8 Å². The number of rotatable bonds is 8. The summed E-state index contributed by atoms with van der Waals surface area (Å²) in [6, 6.07) is 24.0. The topological polar surface area (TPSA) is 92.5 Å². The lowest BCUT2D eigenvalue weighted by Gasteiger charge is -2.25. The first-order valence-electron chi connectivity index (χ1n) is 9.69. The van der Waals surface area contributed by atoms with Crippen LogP contribution in [-0.4, -0.2) is 32.8 Å². The molecule has 3 aromatic rings. The molecule has 8 heteroatoms. The van der Waals surface area contributed by atoms with E-state index < -0.39 is 10.0 Å². The van der Waals surface area contributed by atoms with Crippen molar-refractivity contribution in [3.05, 3.63) is 84.4 Å². The number of nitrogens with one attached hydrogen (secondary N) is 1. The molecule has 1 atom stereocenters. The van der Waals surface area contributed by atoms with E-state index in [1.165, 1.54) is 12.1 Å². The number of sulfonamides is 1. The highest BCUT2D eigenvalue weighted by Crippen LogP contribution is 2.33. The molecule has 3 rings (SSSR count). The van der Waals surface area contributed by atoms with Gasteiger partial charge in [0.2, 0.25) is 15.9 Å². The number of benzene rings is 3. The molecule has 1 amide bonds. The van der Waals surface area contributed by atoms with Crippen LogP contribution in [0.15, 0.2) is 93.5 Å². The summed E-state index contributed by atoms with van der Waals surface area (Å²) in [5.41, 5.74) is 1.66. The SMILES string of the molecule is C[C@H](c1ccc(S(N)(=O)=O)cc1)N(C)CC(=O)Nc1ccccc1Sc1ccccc1. The van der Waals surface area contributed by atoms with Crippen molar-refractivity contribution in [1.29, 1.82) is 0 Å². The van der Waals surface area contributed by atoms with E-state index in [2.05, 4.69) is 5.32 Å². The van der Waals surface area contributed by atoms with Gasteiger partial charge in [-0.05, 0) is 55.9 Å². The van der Waals surface area contributed by atoms with E-state index in [-0.39, 0.29) is 23.4 Å². The second-order valence-corrected chi connectivity index (χ2v) is 9.84. The number of carbonyl (C=O) groups excluding carboxylic acids is 1. The molecule has 0 aliphatic heterocycles. The molecule has 0 heterocycles. The molecule has 0 aliphatic carbocycles. The average Bonchev–Trinajstić information content (AvgIpc) is 2.74. The van der Waals surface area contributed by atoms with E-state index >= 15 is 0 Å². The van der Waals surface area contributed by atoms with Gasteiger partial charge >= 0.3 is 0 Å². The minimum absolute atomic E-state index is 0.0661. The fourth-order valence-corrected chi connectivity index (χ4v) is 4.46. The minimum Gasteiger partial charge on any atom is -0.324 e. The van der Waals surface area contributed by atoms with Crippen LogP contribution in [0.1, 0.15) is 18.5 Å². The number of nitrogens with zero attached hydrogens (tertiary/aromatic N) is 1. The van der Waals surface area contributed by atoms with Crippen molar-refractivity contribution in [3.8, 4) is 0 Å². The number of carbonyl (C=O) groups is 1. The molecule has 3 aromatic carbocycles. The van der Waals surface area contributed by atoms with Crippen LogP contribution in [0.2, 0.25) is 0 Å². The zero-order valence-electron chi connectivity index (χ0n) is 17.4. The van der Waals surface area contributed by atoms with E-state index in [0.717, 1.165) is 21.0 Å². The number of primary sulfonamides is 1. The second-order valence-electron chi connectivity index (χ2n) is 7.16. The van der Waals surface area contributed by atoms with Crippen molar-refractivity contribution < 1.29 is 13.2 Å². The van der Waals surface area contributed by atoms with Crippen molar-refractivity contribution in [3.63, 3.8) is 0 Å². The van der Waals surface area contributed by atoms with Gasteiger partial charge in [-0.25, -0.2) is 13.6 Å². The summed E-state index contributed by atoms with van der Waals surface area (Å²) < 4.78 is 22.8. The molecule has 0 saturated carbocycles. The van der Waals surface area contributed by atoms with Crippen LogP contribution < -0.4 is 10.5 Å². The Morgan fingerprint density at radius 1 is 1.00 bits per heavy atom. The highest BCUT2D eigenvalue weighted by Gasteiger charge is 2.17. The summed E-state index contributed by atoms with van der Waals surface area (Å²) in [5.74, 6) is -0.128. The predicted molar refractivity (Wildman–Crippen MR) is 124 cm³/mol. The Morgan fingerprint density at radius 2 is 1.61 bits per heavy atom. The number of likely N-dealkylation sites (N-methyl/N-ethyl adjacent to an activating group) is 1. The Morgan fingerprint density at radius 3 is 2.26 bits per heavy atom. The first-order chi connectivity index (χ1) is 14.7. The van der Waals surface area contributed by atoms with Crippen molar-refractivity contribution in [2.45, 2.75) is 27.7 Å². The molecule has 0 aromatic heterocycles. The largest absolute Gasteiger partial charge is 0.324 e. The lowest BCUT2D eigenvalue weighted by atomic mass is 10.1. The van der Waals surface area contributed by atoms with Gasteiger partial charge in [0.25, 0.3) is 0 Å². The van der Waals surface area contributed by atoms with Crippen molar-refractivity contribution in [2.24, 2.45) is 5.14 Å². The maximum absolute atomic E-state index is 12.7. The van der Waals surface area contributed by atoms with Crippen LogP contribution in [0.3, 0.4) is 0 Å². The quantitative estimate of drug-likeness (QED) is 0.533. The Hall–Kier alpha value is -2.65. The van der Waals surface area contributed by atoms with E-state index in [1.54, 1.807) is 23.9 Å². The van der Waals surface area contributed by atoms with Gasteiger partial charge in [-0.3, -0.25) is 9.69 Å². The zero-order valence-corrected chi connectivity index (χ0v) is 19.0. The minimum atomic E-state index is -3.73. The third-order valence-electron chi connectivity index (χ3n) is 4.88. The van der Waals surface area contributed by atoms with E-state index in [4.69, 9.17) is 5.14 Å². The Balaban J connectivity index is 1.64. The lowest BCUT2D eigenvalue weighted by Crippen LogP contribution is -2.32. The van der Waals surface area contributed by atoms with Crippen molar-refractivity contribution >= 4 is 33.4 Å². The van der Waals surface area contributed by atoms with Gasteiger partial charge in [0, 0.05) is 15.8 Å². The van der Waals surface area contributed by atoms with E-state index in [0.29, 0.717) is 0 Å². The summed E-state index contributed by atoms with van der Waals surface area (Å²) >= 11 is 1.59. The van der Waals surface area contributed by atoms with Gasteiger partial charge in [-0.1, -0.05) is 54.2 Å². The number of nitrogens with two attached hydrogens (primary N) is 1. The van der Waals surface area contributed by atoms with Gasteiger partial charge in [0.15, 0.2) is 0 Å². The maximum atomic E-state index is 12.7. The zero-order chi connectivity index (χ0) is 22.4. The number of anilines is 1. The van der Waals surface area contributed by atoms with Crippen LogP contribution in [-0.2, 0) is 14.8 Å². The molecule has 0 radical (unpaired) electrons. The number of hydrogen-bond donors (Lipinski definition) is 2. The summed E-state index contributed by atoms with van der Waals surface area (Å²) in [5, 5.41) is 8.15. The summed E-state index contributed by atoms with van der Waals surface area (Å²) in [4.78, 5) is 16.7. The van der Waals surface area contributed by atoms with E-state index in [9.17, 15) is 13.2 Å². The third-order valence-corrected chi connectivity index (χ3v) is 6.89. The molecule has 0 fully saturated rings. The van der Waals surface area contributed by atoms with Gasteiger partial charge in [-0.2, -0.15) is 0 Å². The van der Waals surface area contributed by atoms with Crippen LogP contribution in [0, 0.1) is 0 Å². The van der Waals surface area contributed by atoms with Crippen LogP contribution in [0.5, 0.6) is 0 Å². The molecule has 0 unspecified atom stereocenters. The van der Waals surface area contributed by atoms with Gasteiger partial charge < -0.3 is 5.32 Å². The highest BCUT2D eigenvalue weighted by atomic mass is 32.2. The molecule has 0 spiro atoms. The molecule has 162 valence electrons. The molecule has 0 aliphatic rings. The molecule has 3 N–H and O–H groups in total. The summed E-state index contributed by atoms with van der Waals surface area (Å²) in [7, 11) is -1.88. The predicted octanol–water partition coefficient (Wildman–Crippen LogP) is 4.12. The van der Waals surface area contributed by atoms with Crippen LogP contribution in [0.25, 0.3) is 0 Å². The molecule has 6 nitrogen and oxygen atoms in total.